The fraction of sp³-hybridized carbons (Fsp3) is 0.577. The summed E-state index contributed by atoms with van der Waals surface area (Å²) < 4.78 is 5.41. The van der Waals surface area contributed by atoms with Gasteiger partial charge in [-0.25, -0.2) is 9.59 Å². The molecule has 3 aliphatic rings. The Morgan fingerprint density at radius 3 is 2.44 bits per heavy atom. The molecule has 4 rings (SSSR count). The van der Waals surface area contributed by atoms with Crippen molar-refractivity contribution >= 4 is 17.9 Å². The van der Waals surface area contributed by atoms with E-state index in [-0.39, 0.29) is 23.5 Å². The lowest BCUT2D eigenvalue weighted by Gasteiger charge is -2.50. The summed E-state index contributed by atoms with van der Waals surface area (Å²) in [5.41, 5.74) is 2.99. The van der Waals surface area contributed by atoms with E-state index >= 15 is 0 Å². The summed E-state index contributed by atoms with van der Waals surface area (Å²) in [6.07, 6.45) is 6.77. The Balaban J connectivity index is 0.000000350. The van der Waals surface area contributed by atoms with Gasteiger partial charge in [-0.2, -0.15) is 0 Å². The molecule has 3 aliphatic carbocycles. The lowest BCUT2D eigenvalue weighted by molar-refractivity contribution is -0.134. The summed E-state index contributed by atoms with van der Waals surface area (Å²) in [6, 6.07) is 6.44. The maximum Gasteiger partial charge on any atom is 0.328 e. The molecule has 0 unspecified atom stereocenters. The van der Waals surface area contributed by atoms with Crippen LogP contribution < -0.4 is 10.1 Å². The van der Waals surface area contributed by atoms with Crippen LogP contribution in [0, 0.1) is 17.3 Å². The summed E-state index contributed by atoms with van der Waals surface area (Å²) in [4.78, 5) is 30.7. The van der Waals surface area contributed by atoms with Crippen LogP contribution in [-0.4, -0.2) is 52.4 Å². The second-order valence-corrected chi connectivity index (χ2v) is 9.73. The first kappa shape index (κ1) is 25.9. The highest BCUT2D eigenvalue weighted by Crippen LogP contribution is 2.60. The second-order valence-electron chi connectivity index (χ2n) is 9.73. The number of likely N-dealkylation sites (N-methyl/N-ethyl adjacent to an activating group) is 1. The number of carbonyl (C=O) groups excluding carboxylic acids is 1. The van der Waals surface area contributed by atoms with Gasteiger partial charge in [0.25, 0.3) is 0 Å². The summed E-state index contributed by atoms with van der Waals surface area (Å²) in [7, 11) is 1.99. The van der Waals surface area contributed by atoms with E-state index in [0.29, 0.717) is 42.1 Å². The largest absolute Gasteiger partial charge is 0.478 e. The molecule has 0 bridgehead atoms. The molecule has 0 heterocycles. The van der Waals surface area contributed by atoms with Crippen LogP contribution >= 0.6 is 0 Å². The number of fused-ring (bicyclic) bond motifs is 5. The van der Waals surface area contributed by atoms with Gasteiger partial charge in [-0.3, -0.25) is 4.79 Å². The van der Waals surface area contributed by atoms with Crippen molar-refractivity contribution in [3.63, 3.8) is 0 Å². The highest BCUT2D eigenvalue weighted by atomic mass is 16.5. The number of hydrogen-bond acceptors (Lipinski definition) is 6. The van der Waals surface area contributed by atoms with Crippen molar-refractivity contribution in [1.82, 2.24) is 5.32 Å². The Hall–Kier alpha value is -2.71. The monoisotopic (exact) mass is 473 g/mol. The van der Waals surface area contributed by atoms with Crippen molar-refractivity contribution < 1.29 is 34.4 Å². The maximum atomic E-state index is 11.6. The topological polar surface area (TPSA) is 133 Å². The van der Waals surface area contributed by atoms with E-state index in [1.807, 2.05) is 20.0 Å². The van der Waals surface area contributed by atoms with Crippen molar-refractivity contribution in [2.24, 2.45) is 17.3 Å². The minimum absolute atomic E-state index is 0.176. The van der Waals surface area contributed by atoms with Gasteiger partial charge in [0.15, 0.2) is 0 Å². The van der Waals surface area contributed by atoms with E-state index in [0.717, 1.165) is 19.3 Å². The van der Waals surface area contributed by atoms with Crippen LogP contribution in [0.4, 0.5) is 0 Å². The number of benzene rings is 1. The smallest absolute Gasteiger partial charge is 0.328 e. The standard InChI is InChI=1S/C22H31NO3.C4H4O4/c1-4-20(25)26-14-6-8-15-13(11-14)5-7-17-16(15)9-10-22(2)18(17)12-19(24)21(22)23-3;5-3(6)1-2-4(7)8/h6,8,11,16-19,21,23-24H,4-5,7,9-10,12H2,1-3H3;1-2H,(H,5,6)(H,7,8)/b;2-1-/t16-,17-,18+,19-,21+,22+;/m1./s1. The molecule has 0 amide bonds. The van der Waals surface area contributed by atoms with E-state index in [2.05, 4.69) is 24.4 Å². The Kier molecular flexibility index (Phi) is 8.15. The molecule has 0 spiro atoms. The summed E-state index contributed by atoms with van der Waals surface area (Å²) >= 11 is 0. The number of aliphatic carboxylic acids is 2. The van der Waals surface area contributed by atoms with Crippen molar-refractivity contribution in [2.45, 2.75) is 70.4 Å². The zero-order valence-corrected chi connectivity index (χ0v) is 20.0. The molecule has 8 nitrogen and oxygen atoms in total. The second kappa shape index (κ2) is 10.7. The summed E-state index contributed by atoms with van der Waals surface area (Å²) in [5, 5.41) is 29.6. The minimum atomic E-state index is -1.26. The van der Waals surface area contributed by atoms with Gasteiger partial charge in [0, 0.05) is 24.6 Å². The molecular weight excluding hydrogens is 438 g/mol. The van der Waals surface area contributed by atoms with Gasteiger partial charge in [-0.1, -0.05) is 19.9 Å². The molecule has 0 radical (unpaired) electrons. The average molecular weight is 474 g/mol. The van der Waals surface area contributed by atoms with Gasteiger partial charge >= 0.3 is 17.9 Å². The predicted octanol–water partition coefficient (Wildman–Crippen LogP) is 3.13. The number of aliphatic hydroxyl groups excluding tert-OH is 1. The average Bonchev–Trinajstić information content (AvgIpc) is 3.06. The lowest BCUT2D eigenvalue weighted by Crippen LogP contribution is -2.49. The lowest BCUT2D eigenvalue weighted by atomic mass is 9.55. The summed E-state index contributed by atoms with van der Waals surface area (Å²) in [6.45, 7) is 4.20. The fourth-order valence-corrected chi connectivity index (χ4v) is 6.50. The van der Waals surface area contributed by atoms with Crippen LogP contribution in [0.3, 0.4) is 0 Å². The molecule has 1 aromatic carbocycles. The Morgan fingerprint density at radius 1 is 1.18 bits per heavy atom. The van der Waals surface area contributed by atoms with Crippen molar-refractivity contribution in [3.8, 4) is 5.75 Å². The number of carboxylic acid groups (broad SMARTS) is 2. The molecule has 8 heteroatoms. The van der Waals surface area contributed by atoms with Gasteiger partial charge in [0.1, 0.15) is 5.75 Å². The van der Waals surface area contributed by atoms with Crippen molar-refractivity contribution in [3.05, 3.63) is 41.5 Å². The SMILES string of the molecule is CCC(=O)Oc1ccc2c(c1)CC[C@@H]1[C@@H]2CC[C@@]2(C)[C@H]1C[C@@H](O)[C@@H]2NC.O=C(O)/C=C\C(=O)O. The molecule has 4 N–H and O–H groups in total. The molecule has 2 saturated carbocycles. The van der Waals surface area contributed by atoms with Crippen LogP contribution in [0.1, 0.15) is 63.0 Å². The molecule has 34 heavy (non-hydrogen) atoms. The summed E-state index contributed by atoms with van der Waals surface area (Å²) in [5.74, 6) is -0.195. The number of esters is 1. The van der Waals surface area contributed by atoms with Gasteiger partial charge in [0.05, 0.1) is 6.10 Å². The zero-order chi connectivity index (χ0) is 25.0. The third kappa shape index (κ3) is 5.33. The van der Waals surface area contributed by atoms with E-state index in [4.69, 9.17) is 14.9 Å². The minimum Gasteiger partial charge on any atom is -0.478 e. The number of carbonyl (C=O) groups is 3. The van der Waals surface area contributed by atoms with E-state index < -0.39 is 11.9 Å². The fourth-order valence-electron chi connectivity index (χ4n) is 6.50. The van der Waals surface area contributed by atoms with Crippen molar-refractivity contribution in [1.29, 1.82) is 0 Å². The third-order valence-corrected chi connectivity index (χ3v) is 7.93. The Bertz CT molecular complexity index is 942. The number of nitrogens with one attached hydrogen (secondary N) is 1. The highest BCUT2D eigenvalue weighted by molar-refractivity contribution is 5.89. The van der Waals surface area contributed by atoms with Crippen molar-refractivity contribution in [2.75, 3.05) is 7.05 Å². The highest BCUT2D eigenvalue weighted by Gasteiger charge is 2.57. The van der Waals surface area contributed by atoms with Crippen LogP contribution in [0.2, 0.25) is 0 Å². The van der Waals surface area contributed by atoms with E-state index in [9.17, 15) is 19.5 Å². The van der Waals surface area contributed by atoms with Gasteiger partial charge in [0.2, 0.25) is 0 Å². The maximum absolute atomic E-state index is 11.6. The number of rotatable bonds is 5. The zero-order valence-electron chi connectivity index (χ0n) is 20.0. The number of hydrogen-bond donors (Lipinski definition) is 4. The quantitative estimate of drug-likeness (QED) is 0.291. The van der Waals surface area contributed by atoms with E-state index in [1.165, 1.54) is 24.0 Å². The molecule has 0 saturated heterocycles. The van der Waals surface area contributed by atoms with Crippen LogP contribution in [0.25, 0.3) is 0 Å². The van der Waals surface area contributed by atoms with Gasteiger partial charge in [-0.15, -0.1) is 0 Å². The van der Waals surface area contributed by atoms with Gasteiger partial charge in [-0.05, 0) is 85.6 Å². The normalized spacial score (nSPS) is 31.5. The van der Waals surface area contributed by atoms with Gasteiger partial charge < -0.3 is 25.4 Å². The molecule has 186 valence electrons. The number of ether oxygens (including phenoxy) is 1. The van der Waals surface area contributed by atoms with Crippen LogP contribution in [0.15, 0.2) is 30.4 Å². The molecule has 2 fully saturated rings. The first-order valence-electron chi connectivity index (χ1n) is 11.9. The molecule has 0 aliphatic heterocycles. The molecule has 0 aromatic heterocycles. The van der Waals surface area contributed by atoms with Crippen LogP contribution in [0.5, 0.6) is 5.75 Å². The Morgan fingerprint density at radius 2 is 1.85 bits per heavy atom. The first-order valence-corrected chi connectivity index (χ1v) is 11.9. The molecule has 6 atom stereocenters. The predicted molar refractivity (Wildman–Crippen MR) is 126 cm³/mol. The molecular formula is C26H35NO7. The number of aryl methyl sites for hydroxylation is 1. The van der Waals surface area contributed by atoms with Crippen LogP contribution in [-0.2, 0) is 20.8 Å². The number of aliphatic hydroxyl groups is 1. The third-order valence-electron chi connectivity index (χ3n) is 7.93. The molecule has 1 aromatic rings. The number of carboxylic acids is 2. The van der Waals surface area contributed by atoms with E-state index in [1.54, 1.807) is 0 Å². The Labute approximate surface area is 200 Å². The first-order chi connectivity index (χ1) is 16.1.